The number of furan rings is 1. The van der Waals surface area contributed by atoms with E-state index < -0.39 is 6.10 Å². The number of aryl methyl sites for hydroxylation is 3. The third kappa shape index (κ3) is 5.31. The van der Waals surface area contributed by atoms with Crippen molar-refractivity contribution in [2.75, 3.05) is 7.11 Å². The smallest absolute Gasteiger partial charge is 0.119 e. The van der Waals surface area contributed by atoms with Gasteiger partial charge < -0.3 is 14.3 Å². The van der Waals surface area contributed by atoms with E-state index in [0.29, 0.717) is 12.8 Å². The van der Waals surface area contributed by atoms with Crippen LogP contribution in [0.1, 0.15) is 29.9 Å². The molecule has 22 heavy (non-hydrogen) atoms. The van der Waals surface area contributed by atoms with E-state index in [1.54, 1.807) is 7.11 Å². The van der Waals surface area contributed by atoms with Crippen LogP contribution in [0.2, 0.25) is 0 Å². The van der Waals surface area contributed by atoms with Crippen LogP contribution in [0.15, 0.2) is 40.8 Å². The molecular formula is C19H22O3. The summed E-state index contributed by atoms with van der Waals surface area (Å²) >= 11 is 0. The molecule has 0 amide bonds. The van der Waals surface area contributed by atoms with Gasteiger partial charge in [0.1, 0.15) is 23.4 Å². The molecule has 0 aliphatic heterocycles. The van der Waals surface area contributed by atoms with Crippen LogP contribution in [0, 0.1) is 18.8 Å². The van der Waals surface area contributed by atoms with Crippen molar-refractivity contribution >= 4 is 0 Å². The molecule has 0 saturated heterocycles. The lowest BCUT2D eigenvalue weighted by Crippen LogP contribution is -2.04. The molecule has 1 aromatic carbocycles. The lowest BCUT2D eigenvalue weighted by Gasteiger charge is -2.02. The van der Waals surface area contributed by atoms with Crippen molar-refractivity contribution in [2.24, 2.45) is 0 Å². The van der Waals surface area contributed by atoms with Crippen LogP contribution in [-0.4, -0.2) is 18.3 Å². The van der Waals surface area contributed by atoms with Crippen LogP contribution in [0.3, 0.4) is 0 Å². The Morgan fingerprint density at radius 3 is 2.82 bits per heavy atom. The Bertz CT molecular complexity index is 646. The zero-order chi connectivity index (χ0) is 15.8. The van der Waals surface area contributed by atoms with Gasteiger partial charge in [0, 0.05) is 12.8 Å². The summed E-state index contributed by atoms with van der Waals surface area (Å²) in [6.45, 7) is 1.91. The number of rotatable bonds is 6. The monoisotopic (exact) mass is 298 g/mol. The molecule has 0 aliphatic rings. The third-order valence-corrected chi connectivity index (χ3v) is 3.40. The first kappa shape index (κ1) is 16.2. The van der Waals surface area contributed by atoms with Crippen LogP contribution >= 0.6 is 0 Å². The highest BCUT2D eigenvalue weighted by molar-refractivity contribution is 5.29. The molecule has 1 N–H and O–H groups in total. The molecule has 116 valence electrons. The number of ether oxygens (including phenoxy) is 1. The predicted molar refractivity (Wildman–Crippen MR) is 86.9 cm³/mol. The first-order valence-electron chi connectivity index (χ1n) is 7.52. The van der Waals surface area contributed by atoms with Crippen molar-refractivity contribution in [1.29, 1.82) is 0 Å². The largest absolute Gasteiger partial charge is 0.497 e. The second-order valence-corrected chi connectivity index (χ2v) is 5.24. The maximum Gasteiger partial charge on any atom is 0.119 e. The topological polar surface area (TPSA) is 42.6 Å². The molecule has 0 spiro atoms. The molecule has 2 aromatic rings. The Hall–Kier alpha value is -2.18. The van der Waals surface area contributed by atoms with E-state index in [1.807, 2.05) is 37.3 Å². The average Bonchev–Trinajstić information content (AvgIpc) is 2.95. The summed E-state index contributed by atoms with van der Waals surface area (Å²) in [6, 6.07) is 11.8. The van der Waals surface area contributed by atoms with E-state index in [-0.39, 0.29) is 0 Å². The van der Waals surface area contributed by atoms with Gasteiger partial charge >= 0.3 is 0 Å². The minimum absolute atomic E-state index is 0.596. The quantitative estimate of drug-likeness (QED) is 0.830. The van der Waals surface area contributed by atoms with Crippen LogP contribution in [0.5, 0.6) is 5.75 Å². The predicted octanol–water partition coefficient (Wildman–Crippen LogP) is 3.53. The maximum atomic E-state index is 9.86. The van der Waals surface area contributed by atoms with E-state index in [9.17, 15) is 5.11 Å². The summed E-state index contributed by atoms with van der Waals surface area (Å²) in [6.07, 6.45) is 2.28. The molecule has 2 rings (SSSR count). The van der Waals surface area contributed by atoms with Crippen LogP contribution in [0.25, 0.3) is 0 Å². The van der Waals surface area contributed by atoms with Crippen molar-refractivity contribution in [3.8, 4) is 17.6 Å². The van der Waals surface area contributed by atoms with Crippen molar-refractivity contribution in [2.45, 2.75) is 38.7 Å². The van der Waals surface area contributed by atoms with Crippen LogP contribution in [-0.2, 0) is 12.8 Å². The molecule has 3 heteroatoms. The van der Waals surface area contributed by atoms with Gasteiger partial charge in [-0.3, -0.25) is 0 Å². The number of benzene rings is 1. The number of methoxy groups -OCH3 is 1. The van der Waals surface area contributed by atoms with Gasteiger partial charge in [0.2, 0.25) is 0 Å². The lowest BCUT2D eigenvalue weighted by atomic mass is 10.1. The van der Waals surface area contributed by atoms with Gasteiger partial charge in [0.05, 0.1) is 7.11 Å². The molecule has 1 unspecified atom stereocenters. The molecule has 0 aliphatic carbocycles. The van der Waals surface area contributed by atoms with Gasteiger partial charge in [0.15, 0.2) is 0 Å². The highest BCUT2D eigenvalue weighted by Crippen LogP contribution is 2.13. The normalized spacial score (nSPS) is 11.6. The van der Waals surface area contributed by atoms with Crippen molar-refractivity contribution < 1.29 is 14.3 Å². The Morgan fingerprint density at radius 1 is 1.23 bits per heavy atom. The fraction of sp³-hybridized carbons (Fsp3) is 0.368. The van der Waals surface area contributed by atoms with Gasteiger partial charge in [-0.25, -0.2) is 0 Å². The fourth-order valence-electron chi connectivity index (χ4n) is 2.20. The number of aliphatic hydroxyl groups is 1. The Balaban J connectivity index is 1.73. The summed E-state index contributed by atoms with van der Waals surface area (Å²) in [5.41, 5.74) is 1.19. The van der Waals surface area contributed by atoms with E-state index in [0.717, 1.165) is 30.1 Å². The summed E-state index contributed by atoms with van der Waals surface area (Å²) in [7, 11) is 1.66. The first-order chi connectivity index (χ1) is 10.7. The number of aliphatic hydroxyl groups excluding tert-OH is 1. The fourth-order valence-corrected chi connectivity index (χ4v) is 2.20. The van der Waals surface area contributed by atoms with Crippen molar-refractivity contribution in [3.63, 3.8) is 0 Å². The summed E-state index contributed by atoms with van der Waals surface area (Å²) in [5.74, 6) is 8.59. The van der Waals surface area contributed by atoms with Gasteiger partial charge in [-0.1, -0.05) is 18.1 Å². The molecule has 1 atom stereocenters. The molecule has 3 nitrogen and oxygen atoms in total. The second-order valence-electron chi connectivity index (χ2n) is 5.24. The van der Waals surface area contributed by atoms with E-state index >= 15 is 0 Å². The Kier molecular flexibility index (Phi) is 6.12. The second kappa shape index (κ2) is 8.31. The average molecular weight is 298 g/mol. The van der Waals surface area contributed by atoms with Crippen molar-refractivity contribution in [3.05, 3.63) is 53.5 Å². The van der Waals surface area contributed by atoms with E-state index in [4.69, 9.17) is 9.15 Å². The molecule has 1 heterocycles. The van der Waals surface area contributed by atoms with Gasteiger partial charge in [-0.05, 0) is 49.6 Å². The summed E-state index contributed by atoms with van der Waals surface area (Å²) in [5, 5.41) is 9.86. The lowest BCUT2D eigenvalue weighted by molar-refractivity contribution is 0.219. The van der Waals surface area contributed by atoms with Crippen molar-refractivity contribution in [1.82, 2.24) is 0 Å². The number of hydrogen-bond donors (Lipinski definition) is 1. The maximum absolute atomic E-state index is 9.86. The Morgan fingerprint density at radius 2 is 2.09 bits per heavy atom. The zero-order valence-corrected chi connectivity index (χ0v) is 13.1. The molecule has 1 aromatic heterocycles. The molecular weight excluding hydrogens is 276 g/mol. The highest BCUT2D eigenvalue weighted by Gasteiger charge is 2.03. The summed E-state index contributed by atoms with van der Waals surface area (Å²) in [4.78, 5) is 0. The first-order valence-corrected chi connectivity index (χ1v) is 7.52. The van der Waals surface area contributed by atoms with Crippen LogP contribution < -0.4 is 4.74 Å². The number of hydrogen-bond acceptors (Lipinski definition) is 3. The molecule has 0 bridgehead atoms. The third-order valence-electron chi connectivity index (χ3n) is 3.40. The van der Waals surface area contributed by atoms with Gasteiger partial charge in [0.25, 0.3) is 0 Å². The Labute approximate surface area is 131 Å². The highest BCUT2D eigenvalue weighted by atomic mass is 16.5. The van der Waals surface area contributed by atoms with Gasteiger partial charge in [-0.2, -0.15) is 0 Å². The SMILES string of the molecule is COc1cccc(CCC#CC(O)CCc2ccc(C)o2)c1. The summed E-state index contributed by atoms with van der Waals surface area (Å²) < 4.78 is 10.7. The zero-order valence-electron chi connectivity index (χ0n) is 13.1. The van der Waals surface area contributed by atoms with E-state index in [2.05, 4.69) is 17.9 Å². The standard InChI is InChI=1S/C19H22O3/c1-15-10-12-18(22-15)13-11-17(20)8-4-3-6-16-7-5-9-19(14-16)21-2/h5,7,9-10,12,14,17,20H,3,6,11,13H2,1-2H3. The minimum Gasteiger partial charge on any atom is -0.497 e. The molecule has 0 saturated carbocycles. The molecule has 0 fully saturated rings. The van der Waals surface area contributed by atoms with Crippen LogP contribution in [0.4, 0.5) is 0 Å². The van der Waals surface area contributed by atoms with E-state index in [1.165, 1.54) is 5.56 Å². The molecule has 0 radical (unpaired) electrons. The van der Waals surface area contributed by atoms with Gasteiger partial charge in [-0.15, -0.1) is 5.92 Å². The minimum atomic E-state index is -0.601.